The molecule has 3 aromatic carbocycles. The number of alkyl halides is 3. The summed E-state index contributed by atoms with van der Waals surface area (Å²) in [6, 6.07) is 17.4. The van der Waals surface area contributed by atoms with E-state index in [-0.39, 0.29) is 18.8 Å². The van der Waals surface area contributed by atoms with E-state index in [1.54, 1.807) is 24.3 Å². The highest BCUT2D eigenvalue weighted by atomic mass is 35.5. The molecule has 6 nitrogen and oxygen atoms in total. The van der Waals surface area contributed by atoms with E-state index in [1.165, 1.54) is 24.3 Å². The second kappa shape index (κ2) is 12.2. The minimum Gasteiger partial charge on any atom is -0.383 e. The van der Waals surface area contributed by atoms with Crippen LogP contribution in [0.3, 0.4) is 0 Å². The second-order valence-corrected chi connectivity index (χ2v) is 8.99. The van der Waals surface area contributed by atoms with Gasteiger partial charge in [0.2, 0.25) is 5.91 Å². The number of hydrogen-bond donors (Lipinski definition) is 3. The van der Waals surface area contributed by atoms with Crippen LogP contribution in [-0.4, -0.2) is 37.1 Å². The Labute approximate surface area is 230 Å². The van der Waals surface area contributed by atoms with Crippen LogP contribution >= 0.6 is 12.4 Å². The van der Waals surface area contributed by atoms with Crippen LogP contribution in [0, 0.1) is 0 Å². The Morgan fingerprint density at radius 3 is 2.41 bits per heavy atom. The maximum Gasteiger partial charge on any atom is 0.416 e. The molecule has 0 fully saturated rings. The van der Waals surface area contributed by atoms with E-state index in [9.17, 15) is 27.9 Å². The monoisotopic (exact) mass is 557 g/mol. The van der Waals surface area contributed by atoms with Gasteiger partial charge in [0.1, 0.15) is 6.10 Å². The number of nitrogens with zero attached hydrogens (tertiary/aromatic N) is 1. The van der Waals surface area contributed by atoms with Gasteiger partial charge in [0.25, 0.3) is 5.91 Å². The van der Waals surface area contributed by atoms with Crippen LogP contribution in [-0.2, 0) is 22.2 Å². The number of allylic oxidation sites excluding steroid dienone is 2. The molecule has 0 saturated heterocycles. The van der Waals surface area contributed by atoms with Crippen LogP contribution in [0.15, 0.2) is 85.0 Å². The minimum absolute atomic E-state index is 0. The van der Waals surface area contributed by atoms with Crippen molar-refractivity contribution in [1.29, 1.82) is 0 Å². The van der Waals surface area contributed by atoms with Crippen LogP contribution in [0.25, 0.3) is 5.57 Å². The summed E-state index contributed by atoms with van der Waals surface area (Å²) >= 11 is 0. The van der Waals surface area contributed by atoms with Gasteiger partial charge in [-0.3, -0.25) is 9.59 Å². The number of aliphatic hydroxyl groups is 1. The lowest BCUT2D eigenvalue weighted by molar-refractivity contribution is -0.137. The normalized spacial score (nSPS) is 15.3. The molecule has 0 spiro atoms. The fourth-order valence-electron chi connectivity index (χ4n) is 4.10. The summed E-state index contributed by atoms with van der Waals surface area (Å²) in [4.78, 5) is 26.3. The Balaban J connectivity index is 0.00000420. The van der Waals surface area contributed by atoms with Crippen LogP contribution in [0.5, 0.6) is 0 Å². The summed E-state index contributed by atoms with van der Waals surface area (Å²) in [7, 11) is 3.77. The quantitative estimate of drug-likeness (QED) is 0.269. The van der Waals surface area contributed by atoms with Gasteiger partial charge in [-0.15, -0.1) is 12.4 Å². The number of benzene rings is 3. The molecule has 1 unspecified atom stereocenters. The summed E-state index contributed by atoms with van der Waals surface area (Å²) in [5, 5.41) is 15.3. The lowest BCUT2D eigenvalue weighted by Gasteiger charge is -2.23. The lowest BCUT2D eigenvalue weighted by atomic mass is 9.96. The minimum atomic E-state index is -4.44. The van der Waals surface area contributed by atoms with Crippen LogP contribution in [0.1, 0.15) is 22.3 Å². The van der Waals surface area contributed by atoms with Crippen molar-refractivity contribution in [1.82, 2.24) is 0 Å². The number of halogens is 4. The first kappa shape index (κ1) is 29.5. The Morgan fingerprint density at radius 1 is 1.05 bits per heavy atom. The molecule has 1 atom stereocenters. The van der Waals surface area contributed by atoms with Crippen molar-refractivity contribution in [2.45, 2.75) is 18.7 Å². The van der Waals surface area contributed by atoms with Gasteiger partial charge in [-0.05, 0) is 53.1 Å². The molecule has 3 N–H and O–H groups in total. The summed E-state index contributed by atoms with van der Waals surface area (Å²) < 4.78 is 39.3. The zero-order valence-electron chi connectivity index (χ0n) is 21.1. The van der Waals surface area contributed by atoms with Crippen molar-refractivity contribution >= 4 is 46.9 Å². The molecule has 1 heterocycles. The Kier molecular flexibility index (Phi) is 9.21. The number of carbonyl (C=O) groups excluding carboxylic acids is 2. The molecular formula is C29H27ClF3N3O3. The molecule has 204 valence electrons. The zero-order valence-corrected chi connectivity index (χ0v) is 21.9. The van der Waals surface area contributed by atoms with Gasteiger partial charge < -0.3 is 20.6 Å². The molecule has 2 amide bonds. The molecule has 3 aromatic rings. The third-order valence-corrected chi connectivity index (χ3v) is 6.10. The first-order valence-corrected chi connectivity index (χ1v) is 11.8. The third kappa shape index (κ3) is 7.07. The average molecular weight is 558 g/mol. The maximum absolute atomic E-state index is 13.1. The molecule has 0 bridgehead atoms. The fraction of sp³-hybridized carbons (Fsp3) is 0.172. The summed E-state index contributed by atoms with van der Waals surface area (Å²) in [6.45, 7) is 0. The van der Waals surface area contributed by atoms with E-state index in [4.69, 9.17) is 0 Å². The summed E-state index contributed by atoms with van der Waals surface area (Å²) in [6.07, 6.45) is -1.08. The molecule has 0 radical (unpaired) electrons. The number of fused-ring (bicyclic) bond motifs is 1. The van der Waals surface area contributed by atoms with E-state index < -0.39 is 29.7 Å². The van der Waals surface area contributed by atoms with Gasteiger partial charge in [-0.2, -0.15) is 13.2 Å². The van der Waals surface area contributed by atoms with Gasteiger partial charge in [-0.1, -0.05) is 42.5 Å². The summed E-state index contributed by atoms with van der Waals surface area (Å²) in [5.74, 6) is -0.949. The van der Waals surface area contributed by atoms with Gasteiger partial charge in [-0.25, -0.2) is 0 Å². The number of rotatable bonds is 6. The molecular weight excluding hydrogens is 531 g/mol. The second-order valence-electron chi connectivity index (χ2n) is 8.99. The van der Waals surface area contributed by atoms with Gasteiger partial charge in [0.05, 0.1) is 5.56 Å². The van der Waals surface area contributed by atoms with Crippen LogP contribution in [0.4, 0.5) is 30.2 Å². The molecule has 39 heavy (non-hydrogen) atoms. The van der Waals surface area contributed by atoms with E-state index in [0.717, 1.165) is 23.4 Å². The highest BCUT2D eigenvalue weighted by Crippen LogP contribution is 2.33. The SMILES string of the molecule is CN(C)c1cccc(C(=CC=CC(=O)Nc2cccc3c2CC(O)C(=O)N3)c2ccc(C(F)(F)F)cc2)c1.Cl. The first-order chi connectivity index (χ1) is 18.0. The molecule has 0 aliphatic carbocycles. The molecule has 0 saturated carbocycles. The van der Waals surface area contributed by atoms with Crippen molar-refractivity contribution in [2.24, 2.45) is 0 Å². The topological polar surface area (TPSA) is 81.7 Å². The maximum atomic E-state index is 13.1. The standard InChI is InChI=1S/C29H26F3N3O3.ClH/c1-35(2)21-7-3-6-19(16-21)22(18-12-14-20(15-13-18)29(30,31)32)8-4-11-27(37)33-24-9-5-10-25-23(24)17-26(36)28(38)34-25;/h3-16,26,36H,17H2,1-2H3,(H,33,37)(H,34,38);1H. The number of nitrogens with one attached hydrogen (secondary N) is 2. The van der Waals surface area contributed by atoms with Crippen LogP contribution in [0.2, 0.25) is 0 Å². The molecule has 1 aliphatic rings. The van der Waals surface area contributed by atoms with Gasteiger partial charge in [0, 0.05) is 49.2 Å². The predicted molar refractivity (Wildman–Crippen MR) is 149 cm³/mol. The van der Waals surface area contributed by atoms with Crippen molar-refractivity contribution < 1.29 is 27.9 Å². The van der Waals surface area contributed by atoms with E-state index in [0.29, 0.717) is 28.1 Å². The number of hydrogen-bond acceptors (Lipinski definition) is 4. The lowest BCUT2D eigenvalue weighted by Crippen LogP contribution is -2.34. The van der Waals surface area contributed by atoms with Crippen molar-refractivity contribution in [3.63, 3.8) is 0 Å². The Morgan fingerprint density at radius 2 is 1.74 bits per heavy atom. The summed E-state index contributed by atoms with van der Waals surface area (Å²) in [5.41, 5.74) is 3.71. The Hall–Kier alpha value is -4.08. The van der Waals surface area contributed by atoms with Gasteiger partial charge >= 0.3 is 6.18 Å². The van der Waals surface area contributed by atoms with Crippen molar-refractivity contribution in [3.05, 3.63) is 107 Å². The molecule has 0 aromatic heterocycles. The molecule has 1 aliphatic heterocycles. The van der Waals surface area contributed by atoms with Gasteiger partial charge in [0.15, 0.2) is 0 Å². The van der Waals surface area contributed by atoms with E-state index >= 15 is 0 Å². The first-order valence-electron chi connectivity index (χ1n) is 11.8. The van der Waals surface area contributed by atoms with Crippen molar-refractivity contribution in [3.8, 4) is 0 Å². The zero-order chi connectivity index (χ0) is 27.4. The number of carbonyl (C=O) groups is 2. The number of anilines is 3. The van der Waals surface area contributed by atoms with E-state index in [2.05, 4.69) is 10.6 Å². The number of aliphatic hydroxyl groups excluding tert-OH is 1. The largest absolute Gasteiger partial charge is 0.416 e. The Bertz CT molecular complexity index is 1420. The van der Waals surface area contributed by atoms with E-state index in [1.807, 2.05) is 43.3 Å². The number of amides is 2. The fourth-order valence-corrected chi connectivity index (χ4v) is 4.10. The molecule has 10 heteroatoms. The molecule has 4 rings (SSSR count). The third-order valence-electron chi connectivity index (χ3n) is 6.10. The highest BCUT2D eigenvalue weighted by Gasteiger charge is 2.30. The smallest absolute Gasteiger partial charge is 0.383 e. The predicted octanol–water partition coefficient (Wildman–Crippen LogP) is 5.68. The average Bonchev–Trinajstić information content (AvgIpc) is 2.87. The van der Waals surface area contributed by atoms with Crippen LogP contribution < -0.4 is 15.5 Å². The van der Waals surface area contributed by atoms with Crippen molar-refractivity contribution in [2.75, 3.05) is 29.6 Å². The highest BCUT2D eigenvalue weighted by molar-refractivity contribution is 6.03.